The van der Waals surface area contributed by atoms with Gasteiger partial charge in [0, 0.05) is 25.8 Å². The van der Waals surface area contributed by atoms with Gasteiger partial charge in [-0.3, -0.25) is 4.79 Å². The number of amides is 1. The Balaban J connectivity index is 3.15. The third-order valence-corrected chi connectivity index (χ3v) is 2.10. The van der Waals surface area contributed by atoms with E-state index in [1.807, 2.05) is 13.8 Å². The standard InChI is InChI=1S/C12H26N2O2/c1-4-5-8-16-9-6-7-13-12(15)10-14-11(2)3/h11,14H,4-10H2,1-3H3,(H,13,15). The number of unbranched alkanes of at least 4 members (excludes halogenated alkanes) is 1. The second-order valence-corrected chi connectivity index (χ2v) is 4.21. The highest BCUT2D eigenvalue weighted by Gasteiger charge is 2.00. The van der Waals surface area contributed by atoms with Crippen LogP contribution in [0.1, 0.15) is 40.0 Å². The Bertz CT molecular complexity index is 172. The SMILES string of the molecule is CCCCOCCCNC(=O)CNC(C)C. The molecule has 1 amide bonds. The Morgan fingerprint density at radius 1 is 1.25 bits per heavy atom. The van der Waals surface area contributed by atoms with Crippen LogP contribution in [0.2, 0.25) is 0 Å². The highest BCUT2D eigenvalue weighted by molar-refractivity contribution is 5.77. The Labute approximate surface area is 99.1 Å². The average molecular weight is 230 g/mol. The zero-order valence-corrected chi connectivity index (χ0v) is 10.8. The van der Waals surface area contributed by atoms with Gasteiger partial charge in [0.15, 0.2) is 0 Å². The molecule has 0 rings (SSSR count). The Morgan fingerprint density at radius 2 is 1.94 bits per heavy atom. The fourth-order valence-corrected chi connectivity index (χ4v) is 1.11. The van der Waals surface area contributed by atoms with Gasteiger partial charge >= 0.3 is 0 Å². The predicted molar refractivity (Wildman–Crippen MR) is 66.5 cm³/mol. The number of hydrogen-bond acceptors (Lipinski definition) is 3. The number of carbonyl (C=O) groups excluding carboxylic acids is 1. The van der Waals surface area contributed by atoms with Crippen LogP contribution in [0.5, 0.6) is 0 Å². The molecule has 0 aliphatic heterocycles. The van der Waals surface area contributed by atoms with E-state index in [0.29, 0.717) is 19.1 Å². The molecule has 0 bridgehead atoms. The van der Waals surface area contributed by atoms with Crippen LogP contribution < -0.4 is 10.6 Å². The van der Waals surface area contributed by atoms with E-state index in [1.165, 1.54) is 0 Å². The summed E-state index contributed by atoms with van der Waals surface area (Å²) in [6.45, 7) is 8.85. The zero-order chi connectivity index (χ0) is 12.2. The molecule has 2 N–H and O–H groups in total. The number of rotatable bonds is 10. The second kappa shape index (κ2) is 10.9. The number of ether oxygens (including phenoxy) is 1. The van der Waals surface area contributed by atoms with E-state index >= 15 is 0 Å². The first-order valence-corrected chi connectivity index (χ1v) is 6.24. The Morgan fingerprint density at radius 3 is 2.56 bits per heavy atom. The van der Waals surface area contributed by atoms with Crippen LogP contribution in [0.25, 0.3) is 0 Å². The molecule has 0 unspecified atom stereocenters. The highest BCUT2D eigenvalue weighted by Crippen LogP contribution is 1.88. The maximum absolute atomic E-state index is 11.3. The highest BCUT2D eigenvalue weighted by atomic mass is 16.5. The van der Waals surface area contributed by atoms with Crippen LogP contribution in [0.15, 0.2) is 0 Å². The lowest BCUT2D eigenvalue weighted by Gasteiger charge is -2.08. The van der Waals surface area contributed by atoms with E-state index in [9.17, 15) is 4.79 Å². The van der Waals surface area contributed by atoms with Crippen molar-refractivity contribution in [2.24, 2.45) is 0 Å². The van der Waals surface area contributed by atoms with Gasteiger partial charge in [-0.1, -0.05) is 27.2 Å². The largest absolute Gasteiger partial charge is 0.381 e. The minimum absolute atomic E-state index is 0.0576. The van der Waals surface area contributed by atoms with Crippen molar-refractivity contribution in [3.05, 3.63) is 0 Å². The van der Waals surface area contributed by atoms with Gasteiger partial charge in [-0.05, 0) is 12.8 Å². The molecule has 0 fully saturated rings. The summed E-state index contributed by atoms with van der Waals surface area (Å²) in [5, 5.41) is 5.92. The van der Waals surface area contributed by atoms with Crippen molar-refractivity contribution in [2.45, 2.75) is 46.1 Å². The van der Waals surface area contributed by atoms with E-state index in [2.05, 4.69) is 17.6 Å². The lowest BCUT2D eigenvalue weighted by Crippen LogP contribution is -2.37. The molecule has 0 saturated heterocycles. The molecule has 96 valence electrons. The summed E-state index contributed by atoms with van der Waals surface area (Å²) >= 11 is 0. The number of carbonyl (C=O) groups is 1. The van der Waals surface area contributed by atoms with E-state index in [1.54, 1.807) is 0 Å². The minimum atomic E-state index is 0.0576. The first-order chi connectivity index (χ1) is 7.66. The Kier molecular flexibility index (Phi) is 10.5. The summed E-state index contributed by atoms with van der Waals surface area (Å²) in [4.78, 5) is 11.3. The Hall–Kier alpha value is -0.610. The van der Waals surface area contributed by atoms with Crippen molar-refractivity contribution in [1.82, 2.24) is 10.6 Å². The maximum Gasteiger partial charge on any atom is 0.233 e. The topological polar surface area (TPSA) is 50.4 Å². The lowest BCUT2D eigenvalue weighted by atomic mass is 10.3. The number of hydrogen-bond donors (Lipinski definition) is 2. The summed E-state index contributed by atoms with van der Waals surface area (Å²) < 4.78 is 5.39. The van der Waals surface area contributed by atoms with Crippen molar-refractivity contribution < 1.29 is 9.53 Å². The van der Waals surface area contributed by atoms with Gasteiger partial charge in [-0.2, -0.15) is 0 Å². The first-order valence-electron chi connectivity index (χ1n) is 6.24. The summed E-state index contributed by atoms with van der Waals surface area (Å²) in [5.74, 6) is 0.0576. The molecule has 16 heavy (non-hydrogen) atoms. The van der Waals surface area contributed by atoms with Gasteiger partial charge < -0.3 is 15.4 Å². The van der Waals surface area contributed by atoms with Crippen LogP contribution in [0, 0.1) is 0 Å². The van der Waals surface area contributed by atoms with Gasteiger partial charge in [-0.25, -0.2) is 0 Å². The van der Waals surface area contributed by atoms with Gasteiger partial charge in [0.1, 0.15) is 0 Å². The fourth-order valence-electron chi connectivity index (χ4n) is 1.11. The number of nitrogens with one attached hydrogen (secondary N) is 2. The molecular formula is C12H26N2O2. The third-order valence-electron chi connectivity index (χ3n) is 2.10. The average Bonchev–Trinajstić information content (AvgIpc) is 2.25. The zero-order valence-electron chi connectivity index (χ0n) is 10.8. The predicted octanol–water partition coefficient (Wildman–Crippen LogP) is 1.31. The van der Waals surface area contributed by atoms with Crippen molar-refractivity contribution in [2.75, 3.05) is 26.3 Å². The minimum Gasteiger partial charge on any atom is -0.381 e. The third kappa shape index (κ3) is 11.5. The summed E-state index contributed by atoms with van der Waals surface area (Å²) in [6.07, 6.45) is 3.17. The molecule has 0 aliphatic rings. The molecule has 0 aromatic rings. The molecule has 4 nitrogen and oxygen atoms in total. The molecule has 0 heterocycles. The van der Waals surface area contributed by atoms with Gasteiger partial charge in [0.25, 0.3) is 0 Å². The summed E-state index contributed by atoms with van der Waals surface area (Å²) in [6, 6.07) is 0.350. The molecule has 0 radical (unpaired) electrons. The van der Waals surface area contributed by atoms with Crippen molar-refractivity contribution in [3.8, 4) is 0 Å². The van der Waals surface area contributed by atoms with E-state index in [4.69, 9.17) is 4.74 Å². The summed E-state index contributed by atoms with van der Waals surface area (Å²) in [5.41, 5.74) is 0. The molecule has 0 spiro atoms. The summed E-state index contributed by atoms with van der Waals surface area (Å²) in [7, 11) is 0. The molecule has 0 atom stereocenters. The lowest BCUT2D eigenvalue weighted by molar-refractivity contribution is -0.120. The van der Waals surface area contributed by atoms with Gasteiger partial charge in [0.05, 0.1) is 6.54 Å². The second-order valence-electron chi connectivity index (χ2n) is 4.21. The maximum atomic E-state index is 11.3. The molecule has 4 heteroatoms. The molecule has 0 aliphatic carbocycles. The van der Waals surface area contributed by atoms with Crippen molar-refractivity contribution in [3.63, 3.8) is 0 Å². The van der Waals surface area contributed by atoms with Crippen molar-refractivity contribution >= 4 is 5.91 Å². The van der Waals surface area contributed by atoms with Crippen LogP contribution in [0.4, 0.5) is 0 Å². The van der Waals surface area contributed by atoms with Crippen LogP contribution in [-0.4, -0.2) is 38.3 Å². The quantitative estimate of drug-likeness (QED) is 0.556. The van der Waals surface area contributed by atoms with E-state index in [0.717, 1.165) is 32.5 Å². The van der Waals surface area contributed by atoms with Gasteiger partial charge in [-0.15, -0.1) is 0 Å². The smallest absolute Gasteiger partial charge is 0.233 e. The van der Waals surface area contributed by atoms with Crippen molar-refractivity contribution in [1.29, 1.82) is 0 Å². The monoisotopic (exact) mass is 230 g/mol. The van der Waals surface area contributed by atoms with Crippen LogP contribution in [0.3, 0.4) is 0 Å². The first kappa shape index (κ1) is 15.4. The molecular weight excluding hydrogens is 204 g/mol. The fraction of sp³-hybridized carbons (Fsp3) is 0.917. The van der Waals surface area contributed by atoms with E-state index < -0.39 is 0 Å². The molecule has 0 saturated carbocycles. The normalized spacial score (nSPS) is 10.8. The van der Waals surface area contributed by atoms with Gasteiger partial charge in [0.2, 0.25) is 5.91 Å². The van der Waals surface area contributed by atoms with E-state index in [-0.39, 0.29) is 5.91 Å². The molecule has 0 aromatic carbocycles. The van der Waals surface area contributed by atoms with Crippen LogP contribution in [-0.2, 0) is 9.53 Å². The molecule has 0 aromatic heterocycles. The van der Waals surface area contributed by atoms with Crippen LogP contribution >= 0.6 is 0 Å².